The Balaban J connectivity index is 1.75. The number of fused-ring (bicyclic) bond motifs is 2. The lowest BCUT2D eigenvalue weighted by Crippen LogP contribution is -2.58. The van der Waals surface area contributed by atoms with Crippen molar-refractivity contribution in [1.29, 1.82) is 0 Å². The fourth-order valence-corrected chi connectivity index (χ4v) is 3.46. The number of hydrogen-bond acceptors (Lipinski definition) is 4. The average Bonchev–Trinajstić information content (AvgIpc) is 2.65. The summed E-state index contributed by atoms with van der Waals surface area (Å²) in [5.41, 5.74) is 1.64. The molecule has 6 nitrogen and oxygen atoms in total. The number of anilines is 1. The van der Waals surface area contributed by atoms with Crippen molar-refractivity contribution in [2.75, 3.05) is 38.1 Å². The monoisotopic (exact) mass is 399 g/mol. The van der Waals surface area contributed by atoms with Crippen LogP contribution in [0.3, 0.4) is 0 Å². The van der Waals surface area contributed by atoms with Crippen molar-refractivity contribution in [3.05, 3.63) is 23.8 Å². The molecule has 2 amide bonds. The van der Waals surface area contributed by atoms with Gasteiger partial charge in [0.1, 0.15) is 18.8 Å². The Labute approximate surface area is 161 Å². The number of hydrogen-bond donors (Lipinski definition) is 1. The molecule has 2 aliphatic heterocycles. The zero-order chi connectivity index (χ0) is 20.5. The highest BCUT2D eigenvalue weighted by Gasteiger charge is 2.37. The van der Waals surface area contributed by atoms with Gasteiger partial charge in [0.2, 0.25) is 11.8 Å². The molecule has 154 valence electrons. The third-order valence-electron chi connectivity index (χ3n) is 5.03. The summed E-state index contributed by atoms with van der Waals surface area (Å²) < 4.78 is 43.5. The lowest BCUT2D eigenvalue weighted by Gasteiger charge is -2.40. The number of ether oxygens (including phenoxy) is 1. The van der Waals surface area contributed by atoms with Crippen LogP contribution in [0.15, 0.2) is 18.2 Å². The van der Waals surface area contributed by atoms with Crippen LogP contribution in [0.4, 0.5) is 18.9 Å². The first kappa shape index (κ1) is 20.4. The van der Waals surface area contributed by atoms with E-state index in [4.69, 9.17) is 4.74 Å². The lowest BCUT2D eigenvalue weighted by molar-refractivity contribution is -0.163. The molecule has 0 saturated carbocycles. The smallest absolute Gasteiger partial charge is 0.397 e. The van der Waals surface area contributed by atoms with E-state index in [1.165, 1.54) is 4.90 Å². The number of piperazine rings is 1. The quantitative estimate of drug-likeness (QED) is 0.831. The molecule has 0 unspecified atom stereocenters. The Morgan fingerprint density at radius 3 is 2.75 bits per heavy atom. The Morgan fingerprint density at radius 2 is 2.07 bits per heavy atom. The number of benzene rings is 1. The molecule has 1 N–H and O–H groups in total. The number of alkyl halides is 3. The van der Waals surface area contributed by atoms with E-state index < -0.39 is 18.5 Å². The van der Waals surface area contributed by atoms with Crippen molar-refractivity contribution in [2.45, 2.75) is 38.4 Å². The first-order chi connectivity index (χ1) is 13.1. The van der Waals surface area contributed by atoms with Gasteiger partial charge < -0.3 is 15.0 Å². The van der Waals surface area contributed by atoms with E-state index in [1.807, 2.05) is 30.9 Å². The van der Waals surface area contributed by atoms with Gasteiger partial charge >= 0.3 is 6.18 Å². The molecular formula is C19H24F3N3O3. The highest BCUT2D eigenvalue weighted by atomic mass is 19.4. The summed E-state index contributed by atoms with van der Waals surface area (Å²) in [5, 5.41) is 2.86. The maximum Gasteiger partial charge on any atom is 0.397 e. The van der Waals surface area contributed by atoms with Crippen LogP contribution >= 0.6 is 0 Å². The number of nitrogens with zero attached hydrogens (tertiary/aromatic N) is 2. The Hall–Kier alpha value is -2.29. The van der Waals surface area contributed by atoms with Crippen LogP contribution in [0, 0.1) is 0 Å². The number of carbonyl (C=O) groups is 2. The highest BCUT2D eigenvalue weighted by molar-refractivity contribution is 5.94. The predicted octanol–water partition coefficient (Wildman–Crippen LogP) is 2.61. The standard InChI is InChI=1S/C19H24F3N3O3/c1-12(2)13-3-4-16-15(7-13)23-17(26)10-24-5-6-25(9-14(24)11-28-16)18(27)8-19(20,21)22/h3-4,7,12,14H,5-6,8-11H2,1-2H3,(H,23,26)/t14-/m0/s1. The van der Waals surface area contributed by atoms with Crippen molar-refractivity contribution >= 4 is 17.5 Å². The van der Waals surface area contributed by atoms with Gasteiger partial charge in [-0.1, -0.05) is 19.9 Å². The lowest BCUT2D eigenvalue weighted by atomic mass is 10.0. The van der Waals surface area contributed by atoms with E-state index in [9.17, 15) is 22.8 Å². The maximum absolute atomic E-state index is 12.5. The Kier molecular flexibility index (Phi) is 5.83. The average molecular weight is 399 g/mol. The van der Waals surface area contributed by atoms with Gasteiger partial charge in [0.25, 0.3) is 0 Å². The van der Waals surface area contributed by atoms with E-state index in [-0.39, 0.29) is 44.1 Å². The molecule has 2 heterocycles. The SMILES string of the molecule is CC(C)c1ccc2c(c1)NC(=O)CN1CCN(C(=O)CC(F)(F)F)C[C@H]1CO2. The van der Waals surface area contributed by atoms with Gasteiger partial charge in [-0.3, -0.25) is 14.5 Å². The van der Waals surface area contributed by atoms with Gasteiger partial charge in [-0.05, 0) is 23.6 Å². The molecule has 1 aromatic carbocycles. The van der Waals surface area contributed by atoms with Crippen LogP contribution in [-0.2, 0) is 9.59 Å². The van der Waals surface area contributed by atoms with Gasteiger partial charge in [-0.25, -0.2) is 0 Å². The molecule has 0 spiro atoms. The minimum atomic E-state index is -4.53. The van der Waals surface area contributed by atoms with Crippen molar-refractivity contribution in [3.63, 3.8) is 0 Å². The van der Waals surface area contributed by atoms with E-state index in [2.05, 4.69) is 5.32 Å². The first-order valence-electron chi connectivity index (χ1n) is 9.27. The second-order valence-electron chi connectivity index (χ2n) is 7.53. The minimum Gasteiger partial charge on any atom is -0.490 e. The summed E-state index contributed by atoms with van der Waals surface area (Å²) in [6, 6.07) is 5.23. The zero-order valence-electron chi connectivity index (χ0n) is 15.9. The number of halogens is 3. The van der Waals surface area contributed by atoms with E-state index in [1.54, 1.807) is 6.07 Å². The van der Waals surface area contributed by atoms with Crippen LogP contribution in [0.25, 0.3) is 0 Å². The minimum absolute atomic E-state index is 0.0979. The molecule has 3 rings (SSSR count). The third-order valence-corrected chi connectivity index (χ3v) is 5.03. The summed E-state index contributed by atoms with van der Waals surface area (Å²) in [7, 11) is 0. The summed E-state index contributed by atoms with van der Waals surface area (Å²) in [6.45, 7) is 4.95. The van der Waals surface area contributed by atoms with E-state index >= 15 is 0 Å². The molecule has 1 fully saturated rings. The largest absolute Gasteiger partial charge is 0.490 e. The van der Waals surface area contributed by atoms with Crippen LogP contribution in [0.2, 0.25) is 0 Å². The molecule has 0 bridgehead atoms. The Bertz CT molecular complexity index is 752. The fourth-order valence-electron chi connectivity index (χ4n) is 3.46. The second-order valence-corrected chi connectivity index (χ2v) is 7.53. The molecule has 1 atom stereocenters. The number of rotatable bonds is 2. The molecule has 1 aromatic rings. The maximum atomic E-state index is 12.5. The summed E-state index contributed by atoms with van der Waals surface area (Å²) in [4.78, 5) is 27.4. The fraction of sp³-hybridized carbons (Fsp3) is 0.579. The molecule has 0 aliphatic carbocycles. The molecule has 1 saturated heterocycles. The van der Waals surface area contributed by atoms with Gasteiger partial charge in [-0.15, -0.1) is 0 Å². The number of carbonyl (C=O) groups excluding carboxylic acids is 2. The second kappa shape index (κ2) is 7.98. The van der Waals surface area contributed by atoms with Gasteiger partial charge in [0, 0.05) is 19.6 Å². The number of nitrogens with one attached hydrogen (secondary N) is 1. The summed E-state index contributed by atoms with van der Waals surface area (Å²) >= 11 is 0. The van der Waals surface area contributed by atoms with Crippen molar-refractivity contribution in [1.82, 2.24) is 9.80 Å². The van der Waals surface area contributed by atoms with E-state index in [0.29, 0.717) is 18.0 Å². The van der Waals surface area contributed by atoms with E-state index in [0.717, 1.165) is 5.56 Å². The van der Waals surface area contributed by atoms with Crippen LogP contribution in [0.1, 0.15) is 31.7 Å². The highest BCUT2D eigenvalue weighted by Crippen LogP contribution is 2.30. The van der Waals surface area contributed by atoms with Crippen LogP contribution < -0.4 is 10.1 Å². The van der Waals surface area contributed by atoms with Crippen molar-refractivity contribution in [3.8, 4) is 5.75 Å². The molecule has 9 heteroatoms. The van der Waals surface area contributed by atoms with Crippen molar-refractivity contribution < 1.29 is 27.5 Å². The summed E-state index contributed by atoms with van der Waals surface area (Å²) in [5.74, 6) is -0.362. The molecule has 0 aromatic heterocycles. The normalized spacial score (nSPS) is 21.0. The zero-order valence-corrected chi connectivity index (χ0v) is 15.9. The van der Waals surface area contributed by atoms with Crippen molar-refractivity contribution in [2.24, 2.45) is 0 Å². The third kappa shape index (κ3) is 4.95. The summed E-state index contributed by atoms with van der Waals surface area (Å²) in [6.07, 6.45) is -6.00. The molecule has 2 aliphatic rings. The molecular weight excluding hydrogens is 375 g/mol. The van der Waals surface area contributed by atoms with Gasteiger partial charge in [-0.2, -0.15) is 13.2 Å². The van der Waals surface area contributed by atoms with Gasteiger partial charge in [0.05, 0.1) is 18.3 Å². The molecule has 0 radical (unpaired) electrons. The Morgan fingerprint density at radius 1 is 1.32 bits per heavy atom. The van der Waals surface area contributed by atoms with Crippen LogP contribution in [0.5, 0.6) is 5.75 Å². The van der Waals surface area contributed by atoms with Crippen LogP contribution in [-0.4, -0.2) is 66.6 Å². The number of amides is 2. The predicted molar refractivity (Wildman–Crippen MR) is 97.3 cm³/mol. The molecule has 28 heavy (non-hydrogen) atoms. The first-order valence-corrected chi connectivity index (χ1v) is 9.27. The topological polar surface area (TPSA) is 61.9 Å². The van der Waals surface area contributed by atoms with Gasteiger partial charge in [0.15, 0.2) is 0 Å².